The van der Waals surface area contributed by atoms with Gasteiger partial charge in [-0.15, -0.1) is 11.3 Å². The molecule has 0 radical (unpaired) electrons. The zero-order valence-corrected chi connectivity index (χ0v) is 12.4. The van der Waals surface area contributed by atoms with Crippen molar-refractivity contribution in [1.82, 2.24) is 14.0 Å². The van der Waals surface area contributed by atoms with E-state index in [0.29, 0.717) is 38.5 Å². The van der Waals surface area contributed by atoms with Crippen molar-refractivity contribution < 1.29 is 8.42 Å². The van der Waals surface area contributed by atoms with Gasteiger partial charge in [0.15, 0.2) is 0 Å². The third-order valence-electron chi connectivity index (χ3n) is 3.35. The quantitative estimate of drug-likeness (QED) is 0.785. The summed E-state index contributed by atoms with van der Waals surface area (Å²) in [5.74, 6) is 0.460. The molecule has 108 valence electrons. The highest BCUT2D eigenvalue weighted by molar-refractivity contribution is 7.87. The van der Waals surface area contributed by atoms with Crippen LogP contribution in [-0.4, -0.2) is 43.9 Å². The van der Waals surface area contributed by atoms with Gasteiger partial charge in [-0.2, -0.15) is 12.7 Å². The van der Waals surface area contributed by atoms with Gasteiger partial charge in [-0.25, -0.2) is 9.71 Å². The number of rotatable bonds is 6. The Morgan fingerprint density at radius 3 is 2.79 bits per heavy atom. The number of nitrogens with zero attached hydrogens (tertiary/aromatic N) is 2. The average Bonchev–Trinajstić information content (AvgIpc) is 2.92. The van der Waals surface area contributed by atoms with E-state index < -0.39 is 10.2 Å². The molecule has 1 fully saturated rings. The molecule has 1 aromatic rings. The molecule has 0 amide bonds. The van der Waals surface area contributed by atoms with E-state index in [1.807, 2.05) is 5.38 Å². The molecular weight excluding hydrogens is 284 g/mol. The van der Waals surface area contributed by atoms with Gasteiger partial charge in [0.1, 0.15) is 0 Å². The normalized spacial score (nSPS) is 18.8. The molecule has 0 atom stereocenters. The number of hydrogen-bond donors (Lipinski definition) is 2. The molecule has 1 aromatic heterocycles. The van der Waals surface area contributed by atoms with E-state index in [1.165, 1.54) is 15.6 Å². The lowest BCUT2D eigenvalue weighted by atomic mass is 9.99. The highest BCUT2D eigenvalue weighted by atomic mass is 32.2. The smallest absolute Gasteiger partial charge is 0.279 e. The molecule has 0 bridgehead atoms. The molecule has 8 heteroatoms. The summed E-state index contributed by atoms with van der Waals surface area (Å²) in [5.41, 5.74) is 5.60. The summed E-state index contributed by atoms with van der Waals surface area (Å²) in [4.78, 5) is 4.13. The molecule has 2 rings (SSSR count). The van der Waals surface area contributed by atoms with E-state index in [-0.39, 0.29) is 0 Å². The maximum absolute atomic E-state index is 12.1. The van der Waals surface area contributed by atoms with Gasteiger partial charge in [0, 0.05) is 37.6 Å². The highest BCUT2D eigenvalue weighted by Crippen LogP contribution is 2.17. The summed E-state index contributed by atoms with van der Waals surface area (Å²) in [7, 11) is -3.35. The molecule has 0 saturated carbocycles. The van der Waals surface area contributed by atoms with Gasteiger partial charge in [-0.05, 0) is 25.3 Å². The molecule has 0 spiro atoms. The second-order valence-corrected chi connectivity index (χ2v) is 7.39. The van der Waals surface area contributed by atoms with Crippen LogP contribution in [0.15, 0.2) is 11.6 Å². The number of nitrogens with two attached hydrogens (primary N) is 1. The Bertz CT molecular complexity index is 467. The fourth-order valence-electron chi connectivity index (χ4n) is 2.14. The van der Waals surface area contributed by atoms with Crippen molar-refractivity contribution in [2.45, 2.75) is 19.3 Å². The van der Waals surface area contributed by atoms with Gasteiger partial charge >= 0.3 is 0 Å². The van der Waals surface area contributed by atoms with Gasteiger partial charge in [0.2, 0.25) is 0 Å². The van der Waals surface area contributed by atoms with E-state index >= 15 is 0 Å². The van der Waals surface area contributed by atoms with Crippen LogP contribution in [0.25, 0.3) is 0 Å². The van der Waals surface area contributed by atoms with Crippen molar-refractivity contribution in [3.05, 3.63) is 16.6 Å². The van der Waals surface area contributed by atoms with Crippen LogP contribution in [-0.2, 0) is 16.6 Å². The topological polar surface area (TPSA) is 88.3 Å². The minimum atomic E-state index is -3.35. The lowest BCUT2D eigenvalue weighted by Crippen LogP contribution is -2.46. The van der Waals surface area contributed by atoms with Crippen LogP contribution in [0, 0.1) is 5.92 Å². The first kappa shape index (κ1) is 14.9. The lowest BCUT2D eigenvalue weighted by molar-refractivity contribution is 0.276. The number of aromatic nitrogens is 1. The Labute approximate surface area is 118 Å². The van der Waals surface area contributed by atoms with Crippen molar-refractivity contribution in [3.8, 4) is 0 Å². The summed E-state index contributed by atoms with van der Waals surface area (Å²) < 4.78 is 28.3. The molecule has 0 aromatic carbocycles. The Morgan fingerprint density at radius 2 is 2.21 bits per heavy atom. The van der Waals surface area contributed by atoms with Crippen molar-refractivity contribution in [2.24, 2.45) is 11.7 Å². The molecule has 6 nitrogen and oxygen atoms in total. The van der Waals surface area contributed by atoms with Crippen LogP contribution >= 0.6 is 11.3 Å². The monoisotopic (exact) mass is 304 g/mol. The van der Waals surface area contributed by atoms with Gasteiger partial charge in [0.05, 0.1) is 5.01 Å². The first-order valence-electron chi connectivity index (χ1n) is 6.45. The van der Waals surface area contributed by atoms with Crippen LogP contribution < -0.4 is 10.5 Å². The molecular formula is C11H20N4O2S2. The largest absolute Gasteiger partial charge is 0.330 e. The third-order valence-corrected chi connectivity index (χ3v) is 5.81. The Morgan fingerprint density at radius 1 is 1.47 bits per heavy atom. The summed E-state index contributed by atoms with van der Waals surface area (Å²) >= 11 is 1.54. The van der Waals surface area contributed by atoms with E-state index in [2.05, 4.69) is 9.71 Å². The molecule has 1 saturated heterocycles. The maximum Gasteiger partial charge on any atom is 0.279 e. The van der Waals surface area contributed by atoms with Crippen molar-refractivity contribution >= 4 is 21.5 Å². The van der Waals surface area contributed by atoms with Gasteiger partial charge in [0.25, 0.3) is 10.2 Å². The number of nitrogens with one attached hydrogen (secondary N) is 1. The van der Waals surface area contributed by atoms with Crippen molar-refractivity contribution in [2.75, 3.05) is 26.2 Å². The first-order valence-corrected chi connectivity index (χ1v) is 8.77. The Kier molecular flexibility index (Phi) is 5.28. The van der Waals surface area contributed by atoms with E-state index in [9.17, 15) is 8.42 Å². The minimum Gasteiger partial charge on any atom is -0.330 e. The average molecular weight is 304 g/mol. The Hall–Kier alpha value is -0.540. The summed E-state index contributed by atoms with van der Waals surface area (Å²) in [5, 5.41) is 2.84. The molecule has 0 aliphatic carbocycles. The van der Waals surface area contributed by atoms with Gasteiger partial charge in [-0.3, -0.25) is 0 Å². The second-order valence-electron chi connectivity index (χ2n) is 4.65. The fraction of sp³-hybridized carbons (Fsp3) is 0.727. The minimum absolute atomic E-state index is 0.396. The number of hydrogen-bond acceptors (Lipinski definition) is 5. The van der Waals surface area contributed by atoms with Gasteiger partial charge in [-0.1, -0.05) is 0 Å². The molecule has 0 unspecified atom stereocenters. The SMILES string of the molecule is NCC1CCN(S(=O)(=O)NCCc2nccs2)CC1. The lowest BCUT2D eigenvalue weighted by Gasteiger charge is -2.30. The Balaban J connectivity index is 1.78. The summed E-state index contributed by atoms with van der Waals surface area (Å²) in [6.45, 7) is 2.17. The van der Waals surface area contributed by atoms with E-state index in [4.69, 9.17) is 5.73 Å². The molecule has 19 heavy (non-hydrogen) atoms. The number of thiazole rings is 1. The van der Waals surface area contributed by atoms with Crippen molar-refractivity contribution in [3.63, 3.8) is 0 Å². The predicted octanol–water partition coefficient (Wildman–Crippen LogP) is 0.191. The predicted molar refractivity (Wildman–Crippen MR) is 76.1 cm³/mol. The molecule has 2 heterocycles. The van der Waals surface area contributed by atoms with Gasteiger partial charge < -0.3 is 5.73 Å². The van der Waals surface area contributed by atoms with Crippen LogP contribution in [0.3, 0.4) is 0 Å². The summed E-state index contributed by atoms with van der Waals surface area (Å²) in [6.07, 6.45) is 4.07. The van der Waals surface area contributed by atoms with Crippen LogP contribution in [0.2, 0.25) is 0 Å². The van der Waals surface area contributed by atoms with Crippen LogP contribution in [0.4, 0.5) is 0 Å². The number of piperidine rings is 1. The fourth-order valence-corrected chi connectivity index (χ4v) is 3.99. The second kappa shape index (κ2) is 6.76. The van der Waals surface area contributed by atoms with Crippen molar-refractivity contribution in [1.29, 1.82) is 0 Å². The zero-order chi connectivity index (χ0) is 13.7. The van der Waals surface area contributed by atoms with Crippen LogP contribution in [0.5, 0.6) is 0 Å². The highest BCUT2D eigenvalue weighted by Gasteiger charge is 2.26. The molecule has 1 aliphatic heterocycles. The standard InChI is InChI=1S/C11H20N4O2S2/c12-9-10-2-6-15(7-3-10)19(16,17)14-4-1-11-13-5-8-18-11/h5,8,10,14H,1-4,6-7,9,12H2. The molecule has 3 N–H and O–H groups in total. The third kappa shape index (κ3) is 4.22. The maximum atomic E-state index is 12.1. The van der Waals surface area contributed by atoms with E-state index in [1.54, 1.807) is 6.20 Å². The summed E-state index contributed by atoms with van der Waals surface area (Å²) in [6, 6.07) is 0. The molecule has 1 aliphatic rings. The zero-order valence-electron chi connectivity index (χ0n) is 10.8. The first-order chi connectivity index (χ1) is 9.12. The van der Waals surface area contributed by atoms with Crippen LogP contribution in [0.1, 0.15) is 17.8 Å². The van der Waals surface area contributed by atoms with E-state index in [0.717, 1.165) is 17.8 Å².